The second kappa shape index (κ2) is 11.1. The minimum Gasteiger partial charge on any atom is -0.481 e. The molecule has 8 nitrogen and oxygen atoms in total. The molecule has 2 N–H and O–H groups in total. The molecular formula is C19H26N2O6. The van der Waals surface area contributed by atoms with Crippen LogP contribution >= 0.6 is 0 Å². The molecule has 0 saturated carbocycles. The van der Waals surface area contributed by atoms with Gasteiger partial charge in [0.1, 0.15) is 0 Å². The molecule has 0 spiro atoms. The highest BCUT2D eigenvalue weighted by Crippen LogP contribution is 2.18. The van der Waals surface area contributed by atoms with Crippen LogP contribution in [0, 0.1) is 5.92 Å². The number of hydrogen-bond donors (Lipinski definition) is 2. The van der Waals surface area contributed by atoms with Gasteiger partial charge < -0.3 is 20.0 Å². The van der Waals surface area contributed by atoms with E-state index in [1.165, 1.54) is 0 Å². The normalized spacial score (nSPS) is 21.1. The van der Waals surface area contributed by atoms with Crippen molar-refractivity contribution < 1.29 is 29.4 Å². The quantitative estimate of drug-likeness (QED) is 0.597. The summed E-state index contributed by atoms with van der Waals surface area (Å²) in [5.74, 6) is -2.23. The van der Waals surface area contributed by atoms with E-state index in [9.17, 15) is 14.4 Å². The number of benzene rings is 1. The third kappa shape index (κ3) is 8.46. The summed E-state index contributed by atoms with van der Waals surface area (Å²) >= 11 is 0. The van der Waals surface area contributed by atoms with Crippen LogP contribution in [0.5, 0.6) is 0 Å². The molecule has 0 radical (unpaired) electrons. The van der Waals surface area contributed by atoms with Crippen molar-refractivity contribution in [3.8, 4) is 0 Å². The Bertz CT molecular complexity index is 660. The first-order chi connectivity index (χ1) is 12.7. The van der Waals surface area contributed by atoms with Crippen molar-refractivity contribution in [3.63, 3.8) is 0 Å². The van der Waals surface area contributed by atoms with E-state index in [1.54, 1.807) is 12.1 Å². The molecule has 2 atom stereocenters. The van der Waals surface area contributed by atoms with Crippen molar-refractivity contribution in [3.05, 3.63) is 35.9 Å². The van der Waals surface area contributed by atoms with E-state index in [0.29, 0.717) is 17.5 Å². The predicted octanol–water partition coefficient (Wildman–Crippen LogP) is 2.50. The SMILES string of the molecule is CC1CN(C)C(C)C/C1=N/OC(=O)c1ccccc1.O=C(O)CCC(=O)O. The third-order valence-electron chi connectivity index (χ3n) is 4.20. The number of oxime groups is 1. The maximum atomic E-state index is 11.8. The summed E-state index contributed by atoms with van der Waals surface area (Å²) < 4.78 is 0. The van der Waals surface area contributed by atoms with Crippen molar-refractivity contribution in [2.24, 2.45) is 11.1 Å². The zero-order valence-corrected chi connectivity index (χ0v) is 15.8. The van der Waals surface area contributed by atoms with Crippen molar-refractivity contribution in [1.29, 1.82) is 0 Å². The summed E-state index contributed by atoms with van der Waals surface area (Å²) in [6, 6.07) is 9.37. The van der Waals surface area contributed by atoms with E-state index in [-0.39, 0.29) is 12.8 Å². The first-order valence-corrected chi connectivity index (χ1v) is 8.67. The van der Waals surface area contributed by atoms with Gasteiger partial charge in [-0.3, -0.25) is 9.59 Å². The number of likely N-dealkylation sites (tertiary alicyclic amines) is 1. The third-order valence-corrected chi connectivity index (χ3v) is 4.20. The Morgan fingerprint density at radius 2 is 1.67 bits per heavy atom. The van der Waals surface area contributed by atoms with Crippen molar-refractivity contribution in [2.45, 2.75) is 39.2 Å². The molecule has 148 valence electrons. The van der Waals surface area contributed by atoms with Crippen molar-refractivity contribution in [1.82, 2.24) is 4.90 Å². The number of carboxylic acid groups (broad SMARTS) is 2. The van der Waals surface area contributed by atoms with Gasteiger partial charge in [0.15, 0.2) is 0 Å². The molecule has 1 aromatic rings. The lowest BCUT2D eigenvalue weighted by Crippen LogP contribution is -2.43. The van der Waals surface area contributed by atoms with Crippen LogP contribution in [0.2, 0.25) is 0 Å². The summed E-state index contributed by atoms with van der Waals surface area (Å²) in [6.45, 7) is 5.21. The van der Waals surface area contributed by atoms with E-state index in [4.69, 9.17) is 15.1 Å². The van der Waals surface area contributed by atoms with Crippen LogP contribution in [-0.4, -0.2) is 58.4 Å². The molecule has 1 aliphatic rings. The highest BCUT2D eigenvalue weighted by atomic mass is 16.7. The summed E-state index contributed by atoms with van der Waals surface area (Å²) in [4.78, 5) is 38.4. The van der Waals surface area contributed by atoms with Gasteiger partial charge in [-0.25, -0.2) is 4.79 Å². The second-order valence-corrected chi connectivity index (χ2v) is 6.51. The van der Waals surface area contributed by atoms with Gasteiger partial charge in [-0.1, -0.05) is 30.3 Å². The summed E-state index contributed by atoms with van der Waals surface area (Å²) in [7, 11) is 2.11. The Balaban J connectivity index is 0.000000387. The Kier molecular flexibility index (Phi) is 9.15. The van der Waals surface area contributed by atoms with Gasteiger partial charge in [0.25, 0.3) is 0 Å². The molecule has 1 fully saturated rings. The number of carboxylic acids is 2. The Morgan fingerprint density at radius 3 is 2.19 bits per heavy atom. The molecule has 1 heterocycles. The lowest BCUT2D eigenvalue weighted by atomic mass is 9.93. The van der Waals surface area contributed by atoms with Gasteiger partial charge >= 0.3 is 17.9 Å². The van der Waals surface area contributed by atoms with E-state index in [1.807, 2.05) is 18.2 Å². The molecule has 2 rings (SSSR count). The van der Waals surface area contributed by atoms with Gasteiger partial charge in [-0.05, 0) is 26.1 Å². The van der Waals surface area contributed by atoms with Crippen LogP contribution in [0.15, 0.2) is 35.5 Å². The molecule has 0 aromatic heterocycles. The number of hydrogen-bond acceptors (Lipinski definition) is 6. The Hall–Kier alpha value is -2.74. The average molecular weight is 378 g/mol. The van der Waals surface area contributed by atoms with Crippen LogP contribution in [0.3, 0.4) is 0 Å². The number of nitrogens with zero attached hydrogens (tertiary/aromatic N) is 2. The molecule has 1 saturated heterocycles. The van der Waals surface area contributed by atoms with Gasteiger partial charge in [-0.2, -0.15) is 0 Å². The van der Waals surface area contributed by atoms with E-state index in [0.717, 1.165) is 18.7 Å². The molecule has 1 aromatic carbocycles. The van der Waals surface area contributed by atoms with Crippen molar-refractivity contribution >= 4 is 23.6 Å². The Morgan fingerprint density at radius 1 is 1.11 bits per heavy atom. The average Bonchev–Trinajstić information content (AvgIpc) is 2.63. The molecule has 0 aliphatic carbocycles. The minimum atomic E-state index is -1.08. The molecule has 27 heavy (non-hydrogen) atoms. The molecule has 8 heteroatoms. The number of piperidine rings is 1. The van der Waals surface area contributed by atoms with Crippen LogP contribution in [-0.2, 0) is 14.4 Å². The number of rotatable bonds is 5. The lowest BCUT2D eigenvalue weighted by molar-refractivity contribution is -0.143. The first kappa shape index (κ1) is 22.3. The monoisotopic (exact) mass is 378 g/mol. The topological polar surface area (TPSA) is 117 Å². The Labute approximate surface area is 158 Å². The van der Waals surface area contributed by atoms with Crippen LogP contribution in [0.25, 0.3) is 0 Å². The van der Waals surface area contributed by atoms with Crippen LogP contribution < -0.4 is 0 Å². The number of carbonyl (C=O) groups excluding carboxylic acids is 1. The number of carbonyl (C=O) groups is 3. The molecular weight excluding hydrogens is 352 g/mol. The predicted molar refractivity (Wildman–Crippen MR) is 99.7 cm³/mol. The fourth-order valence-electron chi connectivity index (χ4n) is 2.45. The van der Waals surface area contributed by atoms with Gasteiger partial charge in [-0.15, -0.1) is 0 Å². The summed E-state index contributed by atoms with van der Waals surface area (Å²) in [5, 5.41) is 19.9. The lowest BCUT2D eigenvalue weighted by Gasteiger charge is -2.34. The maximum Gasteiger partial charge on any atom is 0.365 e. The van der Waals surface area contributed by atoms with Gasteiger partial charge in [0.2, 0.25) is 0 Å². The van der Waals surface area contributed by atoms with E-state index in [2.05, 4.69) is 31.0 Å². The maximum absolute atomic E-state index is 11.8. The second-order valence-electron chi connectivity index (χ2n) is 6.51. The van der Waals surface area contributed by atoms with Crippen LogP contribution in [0.1, 0.15) is 43.5 Å². The fraction of sp³-hybridized carbons (Fsp3) is 0.474. The van der Waals surface area contributed by atoms with Crippen molar-refractivity contribution in [2.75, 3.05) is 13.6 Å². The molecule has 1 aliphatic heterocycles. The zero-order chi connectivity index (χ0) is 20.4. The highest BCUT2D eigenvalue weighted by Gasteiger charge is 2.26. The van der Waals surface area contributed by atoms with E-state index >= 15 is 0 Å². The smallest absolute Gasteiger partial charge is 0.365 e. The van der Waals surface area contributed by atoms with E-state index < -0.39 is 17.9 Å². The summed E-state index contributed by atoms with van der Waals surface area (Å²) in [5.41, 5.74) is 1.50. The fourth-order valence-corrected chi connectivity index (χ4v) is 2.45. The molecule has 0 amide bonds. The summed E-state index contributed by atoms with van der Waals surface area (Å²) in [6.07, 6.45) is 0.254. The standard InChI is InChI=1S/C15H20N2O2.C4H6O4/c1-11-10-17(3)12(2)9-14(11)16-19-15(18)13-7-5-4-6-8-13;5-3(6)1-2-4(7)8/h4-8,11-12H,9-10H2,1-3H3;1-2H2,(H,5,6)(H,7,8)/b16-14-;. The highest BCUT2D eigenvalue weighted by molar-refractivity contribution is 5.91. The number of aliphatic carboxylic acids is 2. The minimum absolute atomic E-state index is 0.296. The molecule has 2 unspecified atom stereocenters. The zero-order valence-electron chi connectivity index (χ0n) is 15.8. The van der Waals surface area contributed by atoms with Gasteiger partial charge in [0.05, 0.1) is 24.1 Å². The first-order valence-electron chi connectivity index (χ1n) is 8.67. The van der Waals surface area contributed by atoms with Gasteiger partial charge in [0, 0.05) is 24.9 Å². The molecule has 0 bridgehead atoms. The largest absolute Gasteiger partial charge is 0.481 e. The van der Waals surface area contributed by atoms with Crippen LogP contribution in [0.4, 0.5) is 0 Å².